The van der Waals surface area contributed by atoms with Gasteiger partial charge < -0.3 is 14.2 Å². The Morgan fingerprint density at radius 3 is 2.68 bits per heavy atom. The lowest BCUT2D eigenvalue weighted by Gasteiger charge is -2.12. The number of aromatic nitrogens is 3. The molecule has 0 radical (unpaired) electrons. The van der Waals surface area contributed by atoms with Crippen LogP contribution >= 0.6 is 15.9 Å². The molecule has 2 rings (SSSR count). The molecule has 0 spiro atoms. The lowest BCUT2D eigenvalue weighted by atomic mass is 10.1. The van der Waals surface area contributed by atoms with E-state index in [0.29, 0.717) is 33.8 Å². The summed E-state index contributed by atoms with van der Waals surface area (Å²) in [6.07, 6.45) is 0. The number of aromatic amines is 1. The van der Waals surface area contributed by atoms with Crippen LogP contribution in [0.4, 0.5) is 0 Å². The van der Waals surface area contributed by atoms with Gasteiger partial charge in [-0.1, -0.05) is 0 Å². The summed E-state index contributed by atoms with van der Waals surface area (Å²) >= 11 is 3.44. The van der Waals surface area contributed by atoms with Gasteiger partial charge in [-0.3, -0.25) is 0 Å². The first-order chi connectivity index (χ1) is 10.6. The highest BCUT2D eigenvalue weighted by Gasteiger charge is 2.21. The molecule has 0 atom stereocenters. The molecule has 1 N–H and O–H groups in total. The van der Waals surface area contributed by atoms with Crippen LogP contribution in [-0.2, 0) is 4.74 Å². The van der Waals surface area contributed by atoms with E-state index in [1.807, 2.05) is 6.92 Å². The summed E-state index contributed by atoms with van der Waals surface area (Å²) < 4.78 is 16.5. The minimum atomic E-state index is -0.532. The number of esters is 1. The van der Waals surface area contributed by atoms with Crippen molar-refractivity contribution < 1.29 is 19.0 Å². The Hall–Kier alpha value is -2.09. The van der Waals surface area contributed by atoms with Gasteiger partial charge in [0, 0.05) is 5.56 Å². The fraction of sp³-hybridized carbons (Fsp3) is 0.357. The molecule has 2 aromatic rings. The summed E-state index contributed by atoms with van der Waals surface area (Å²) in [6.45, 7) is 4.39. The van der Waals surface area contributed by atoms with Crippen LogP contribution < -0.4 is 9.47 Å². The molecule has 8 heteroatoms. The maximum atomic E-state index is 11.9. The zero-order valence-electron chi connectivity index (χ0n) is 12.5. The number of H-pyrrole nitrogens is 1. The number of halogens is 1. The molecule has 0 unspecified atom stereocenters. The molecule has 0 amide bonds. The number of hydrogen-bond acceptors (Lipinski definition) is 6. The number of benzene rings is 1. The first-order valence-corrected chi connectivity index (χ1v) is 7.50. The standard InChI is InChI=1S/C14H16BrN3O4/c1-4-21-13-9(15)6-8(7-10(13)20-3)11-12(17-18-16-11)14(19)22-5-2/h6-7H,4-5H2,1-3H3,(H,16,17,18). The molecule has 0 saturated heterocycles. The predicted octanol–water partition coefficient (Wildman–Crippen LogP) is 2.82. The quantitative estimate of drug-likeness (QED) is 0.787. The first-order valence-electron chi connectivity index (χ1n) is 6.70. The molecule has 0 saturated carbocycles. The van der Waals surface area contributed by atoms with Crippen molar-refractivity contribution in [2.24, 2.45) is 0 Å². The van der Waals surface area contributed by atoms with Crippen LogP contribution in [0.2, 0.25) is 0 Å². The summed E-state index contributed by atoms with van der Waals surface area (Å²) in [5.74, 6) is 0.592. The van der Waals surface area contributed by atoms with E-state index in [9.17, 15) is 4.79 Å². The average Bonchev–Trinajstić information content (AvgIpc) is 2.99. The molecule has 0 fully saturated rings. The van der Waals surface area contributed by atoms with Gasteiger partial charge in [-0.25, -0.2) is 4.79 Å². The third-order valence-corrected chi connectivity index (χ3v) is 3.40. The molecule has 1 aromatic carbocycles. The highest BCUT2D eigenvalue weighted by molar-refractivity contribution is 9.10. The van der Waals surface area contributed by atoms with Crippen molar-refractivity contribution in [3.05, 3.63) is 22.3 Å². The van der Waals surface area contributed by atoms with Gasteiger partial charge in [0.15, 0.2) is 17.2 Å². The smallest absolute Gasteiger partial charge is 0.361 e. The van der Waals surface area contributed by atoms with Crippen molar-refractivity contribution in [1.29, 1.82) is 0 Å². The fourth-order valence-corrected chi connectivity index (χ4v) is 2.47. The number of nitrogens with zero attached hydrogens (tertiary/aromatic N) is 2. The number of nitrogens with one attached hydrogen (secondary N) is 1. The Morgan fingerprint density at radius 1 is 1.27 bits per heavy atom. The molecular formula is C14H16BrN3O4. The van der Waals surface area contributed by atoms with E-state index in [4.69, 9.17) is 14.2 Å². The van der Waals surface area contributed by atoms with Crippen molar-refractivity contribution in [2.75, 3.05) is 20.3 Å². The molecule has 118 valence electrons. The number of rotatable bonds is 6. The molecular weight excluding hydrogens is 354 g/mol. The topological polar surface area (TPSA) is 86.3 Å². The van der Waals surface area contributed by atoms with Gasteiger partial charge in [-0.2, -0.15) is 10.3 Å². The minimum absolute atomic E-state index is 0.125. The minimum Gasteiger partial charge on any atom is -0.493 e. The molecule has 1 aromatic heterocycles. The van der Waals surface area contributed by atoms with Gasteiger partial charge in [0.25, 0.3) is 0 Å². The first kappa shape index (κ1) is 16.3. The number of carbonyl (C=O) groups is 1. The van der Waals surface area contributed by atoms with E-state index in [2.05, 4.69) is 31.3 Å². The highest BCUT2D eigenvalue weighted by atomic mass is 79.9. The van der Waals surface area contributed by atoms with Crippen molar-refractivity contribution in [1.82, 2.24) is 15.4 Å². The zero-order valence-corrected chi connectivity index (χ0v) is 14.1. The van der Waals surface area contributed by atoms with Crippen molar-refractivity contribution in [3.63, 3.8) is 0 Å². The largest absolute Gasteiger partial charge is 0.493 e. The van der Waals surface area contributed by atoms with E-state index in [-0.39, 0.29) is 12.3 Å². The van der Waals surface area contributed by atoms with Gasteiger partial charge in [0.05, 0.1) is 24.8 Å². The van der Waals surface area contributed by atoms with Crippen LogP contribution in [-0.4, -0.2) is 41.7 Å². The van der Waals surface area contributed by atoms with Crippen LogP contribution in [0.15, 0.2) is 16.6 Å². The lowest BCUT2D eigenvalue weighted by Crippen LogP contribution is -2.07. The molecule has 0 aliphatic heterocycles. The van der Waals surface area contributed by atoms with E-state index in [1.54, 1.807) is 26.2 Å². The normalized spacial score (nSPS) is 10.4. The Morgan fingerprint density at radius 2 is 2.05 bits per heavy atom. The molecule has 0 aliphatic rings. The maximum Gasteiger partial charge on any atom is 0.361 e. The van der Waals surface area contributed by atoms with Gasteiger partial charge in [0.2, 0.25) is 0 Å². The van der Waals surface area contributed by atoms with Crippen LogP contribution in [0.5, 0.6) is 11.5 Å². The Labute approximate surface area is 136 Å². The van der Waals surface area contributed by atoms with E-state index in [1.165, 1.54) is 0 Å². The van der Waals surface area contributed by atoms with Gasteiger partial charge >= 0.3 is 5.97 Å². The second kappa shape index (κ2) is 7.26. The third-order valence-electron chi connectivity index (χ3n) is 2.81. The molecule has 0 aliphatic carbocycles. The zero-order chi connectivity index (χ0) is 16.1. The molecule has 22 heavy (non-hydrogen) atoms. The number of ether oxygens (including phenoxy) is 3. The fourth-order valence-electron chi connectivity index (χ4n) is 1.91. The van der Waals surface area contributed by atoms with Crippen LogP contribution in [0.25, 0.3) is 11.3 Å². The number of carbonyl (C=O) groups excluding carboxylic acids is 1. The monoisotopic (exact) mass is 369 g/mol. The summed E-state index contributed by atoms with van der Waals surface area (Å²) in [6, 6.07) is 3.52. The third kappa shape index (κ3) is 3.22. The Bertz CT molecular complexity index is 672. The van der Waals surface area contributed by atoms with Crippen molar-refractivity contribution in [2.45, 2.75) is 13.8 Å². The van der Waals surface area contributed by atoms with Gasteiger partial charge in [-0.15, -0.1) is 5.10 Å². The van der Waals surface area contributed by atoms with Crippen molar-refractivity contribution >= 4 is 21.9 Å². The second-order valence-corrected chi connectivity index (χ2v) is 5.02. The van der Waals surface area contributed by atoms with E-state index < -0.39 is 5.97 Å². The van der Waals surface area contributed by atoms with Gasteiger partial charge in [0.1, 0.15) is 5.69 Å². The molecule has 7 nitrogen and oxygen atoms in total. The maximum absolute atomic E-state index is 11.9. The lowest BCUT2D eigenvalue weighted by molar-refractivity contribution is 0.0520. The van der Waals surface area contributed by atoms with Crippen LogP contribution in [0.3, 0.4) is 0 Å². The number of methoxy groups -OCH3 is 1. The second-order valence-electron chi connectivity index (χ2n) is 4.16. The summed E-state index contributed by atoms with van der Waals surface area (Å²) in [7, 11) is 1.54. The van der Waals surface area contributed by atoms with Crippen molar-refractivity contribution in [3.8, 4) is 22.8 Å². The summed E-state index contributed by atoms with van der Waals surface area (Å²) in [5, 5.41) is 10.3. The van der Waals surface area contributed by atoms with Crippen LogP contribution in [0.1, 0.15) is 24.3 Å². The van der Waals surface area contributed by atoms with E-state index in [0.717, 1.165) is 0 Å². The number of hydrogen-bond donors (Lipinski definition) is 1. The molecule has 1 heterocycles. The highest BCUT2D eigenvalue weighted by Crippen LogP contribution is 2.39. The Balaban J connectivity index is 2.48. The van der Waals surface area contributed by atoms with Gasteiger partial charge in [-0.05, 0) is 41.9 Å². The SMILES string of the molecule is CCOC(=O)c1n[nH]nc1-c1cc(Br)c(OCC)c(OC)c1. The average molecular weight is 370 g/mol. The van der Waals surface area contributed by atoms with E-state index >= 15 is 0 Å². The summed E-state index contributed by atoms with van der Waals surface area (Å²) in [5.41, 5.74) is 1.17. The summed E-state index contributed by atoms with van der Waals surface area (Å²) in [4.78, 5) is 11.9. The predicted molar refractivity (Wildman–Crippen MR) is 83.2 cm³/mol. The molecule has 0 bridgehead atoms. The Kier molecular flexibility index (Phi) is 5.37. The van der Waals surface area contributed by atoms with Crippen LogP contribution in [0, 0.1) is 0 Å².